The molecule has 1 amide bonds. The molecule has 4 aromatic rings. The first-order valence-corrected chi connectivity index (χ1v) is 10.4. The van der Waals surface area contributed by atoms with Crippen molar-refractivity contribution in [3.63, 3.8) is 0 Å². The van der Waals surface area contributed by atoms with Gasteiger partial charge in [0, 0.05) is 29.4 Å². The molecule has 0 unspecified atom stereocenters. The number of aromatic nitrogens is 2. The summed E-state index contributed by atoms with van der Waals surface area (Å²) < 4.78 is 31.9. The highest BCUT2D eigenvalue weighted by molar-refractivity contribution is 7.99. The maximum absolute atomic E-state index is 13.1. The van der Waals surface area contributed by atoms with E-state index in [0.29, 0.717) is 28.8 Å². The molecule has 0 aliphatic carbocycles. The second-order valence-electron chi connectivity index (χ2n) is 6.66. The average Bonchev–Trinajstić information content (AvgIpc) is 2.82. The van der Waals surface area contributed by atoms with Crippen LogP contribution in [0.25, 0.3) is 0 Å². The zero-order chi connectivity index (χ0) is 22.3. The molecule has 0 aliphatic heterocycles. The van der Waals surface area contributed by atoms with Gasteiger partial charge >= 0.3 is 0 Å². The minimum absolute atomic E-state index is 0.257. The van der Waals surface area contributed by atoms with Crippen LogP contribution in [0.2, 0.25) is 0 Å². The van der Waals surface area contributed by atoms with Gasteiger partial charge in [0.05, 0.1) is 0 Å². The van der Waals surface area contributed by atoms with Crippen LogP contribution in [0.3, 0.4) is 0 Å². The van der Waals surface area contributed by atoms with Crippen LogP contribution in [-0.4, -0.2) is 15.9 Å². The van der Waals surface area contributed by atoms with E-state index in [1.165, 1.54) is 42.2 Å². The number of benzene rings is 3. The van der Waals surface area contributed by atoms with Gasteiger partial charge in [0.15, 0.2) is 5.03 Å². The zero-order valence-electron chi connectivity index (χ0n) is 16.7. The molecular weight excluding hydrogens is 432 g/mol. The zero-order valence-corrected chi connectivity index (χ0v) is 17.5. The van der Waals surface area contributed by atoms with Crippen LogP contribution in [-0.2, 0) is 6.54 Å². The third-order valence-electron chi connectivity index (χ3n) is 4.36. The van der Waals surface area contributed by atoms with E-state index < -0.39 is 0 Å². The lowest BCUT2D eigenvalue weighted by molar-refractivity contribution is 0.0951. The molecule has 0 spiro atoms. The summed E-state index contributed by atoms with van der Waals surface area (Å²) in [4.78, 5) is 21.7. The monoisotopic (exact) mass is 449 g/mol. The van der Waals surface area contributed by atoms with Crippen molar-refractivity contribution >= 4 is 17.7 Å². The van der Waals surface area contributed by atoms with E-state index in [2.05, 4.69) is 15.3 Å². The van der Waals surface area contributed by atoms with Gasteiger partial charge in [-0.05, 0) is 66.2 Å². The van der Waals surface area contributed by atoms with Gasteiger partial charge in [0.25, 0.3) is 11.8 Å². The lowest BCUT2D eigenvalue weighted by Gasteiger charge is -2.10. The molecule has 0 aliphatic rings. The molecular formula is C24H17F2N3O2S. The molecule has 0 saturated heterocycles. The minimum Gasteiger partial charge on any atom is -0.437 e. The predicted octanol–water partition coefficient (Wildman–Crippen LogP) is 5.63. The summed E-state index contributed by atoms with van der Waals surface area (Å²) in [7, 11) is 0. The van der Waals surface area contributed by atoms with Crippen LogP contribution in [0.4, 0.5) is 8.78 Å². The predicted molar refractivity (Wildman–Crippen MR) is 117 cm³/mol. The highest BCUT2D eigenvalue weighted by Crippen LogP contribution is 2.33. The van der Waals surface area contributed by atoms with Crippen LogP contribution in [0.1, 0.15) is 15.9 Å². The van der Waals surface area contributed by atoms with Crippen LogP contribution in [0.15, 0.2) is 95.1 Å². The van der Waals surface area contributed by atoms with Crippen LogP contribution in [0, 0.1) is 11.6 Å². The van der Waals surface area contributed by atoms with E-state index in [0.717, 1.165) is 10.5 Å². The van der Waals surface area contributed by atoms with Gasteiger partial charge in [0.2, 0.25) is 0 Å². The molecule has 8 heteroatoms. The quantitative estimate of drug-likeness (QED) is 0.396. The van der Waals surface area contributed by atoms with Crippen molar-refractivity contribution in [2.45, 2.75) is 16.5 Å². The summed E-state index contributed by atoms with van der Waals surface area (Å²) in [5.41, 5.74) is 1.26. The standard InChI is InChI=1S/C24H17F2N3O2S/c25-18-5-1-16(2-6-18)15-29-22(30)17-3-9-20(10-4-17)31-23-24(28-14-13-27-23)32-21-11-7-19(26)8-12-21/h1-14H,15H2,(H,29,30). The summed E-state index contributed by atoms with van der Waals surface area (Å²) in [5.74, 6) is -0.102. The molecule has 5 nitrogen and oxygen atoms in total. The van der Waals surface area contributed by atoms with E-state index in [-0.39, 0.29) is 17.5 Å². The molecule has 32 heavy (non-hydrogen) atoms. The van der Waals surface area contributed by atoms with Crippen molar-refractivity contribution in [2.24, 2.45) is 0 Å². The molecule has 0 fully saturated rings. The lowest BCUT2D eigenvalue weighted by atomic mass is 10.2. The lowest BCUT2D eigenvalue weighted by Crippen LogP contribution is -2.22. The Morgan fingerprint density at radius 2 is 1.47 bits per heavy atom. The highest BCUT2D eigenvalue weighted by Gasteiger charge is 2.11. The number of nitrogens with zero attached hydrogens (tertiary/aromatic N) is 2. The van der Waals surface area contributed by atoms with E-state index >= 15 is 0 Å². The van der Waals surface area contributed by atoms with Gasteiger partial charge in [-0.3, -0.25) is 4.79 Å². The molecule has 4 rings (SSSR count). The SMILES string of the molecule is O=C(NCc1ccc(F)cc1)c1ccc(Oc2nccnc2Sc2ccc(F)cc2)cc1. The van der Waals surface area contributed by atoms with E-state index in [1.807, 2.05) is 0 Å². The Morgan fingerprint density at radius 1 is 0.844 bits per heavy atom. The fourth-order valence-electron chi connectivity index (χ4n) is 2.74. The fourth-order valence-corrected chi connectivity index (χ4v) is 3.53. The first-order valence-electron chi connectivity index (χ1n) is 9.62. The number of hydrogen-bond acceptors (Lipinski definition) is 5. The van der Waals surface area contributed by atoms with Crippen LogP contribution in [0.5, 0.6) is 11.6 Å². The number of carbonyl (C=O) groups excluding carboxylic acids is 1. The molecule has 1 N–H and O–H groups in total. The molecule has 0 radical (unpaired) electrons. The number of rotatable bonds is 7. The summed E-state index contributed by atoms with van der Waals surface area (Å²) in [6, 6.07) is 18.6. The molecule has 1 aromatic heterocycles. The Kier molecular flexibility index (Phi) is 6.72. The van der Waals surface area contributed by atoms with Crippen molar-refractivity contribution in [3.8, 4) is 11.6 Å². The summed E-state index contributed by atoms with van der Waals surface area (Å²) >= 11 is 1.30. The van der Waals surface area contributed by atoms with Crippen molar-refractivity contribution in [2.75, 3.05) is 0 Å². The fraction of sp³-hybridized carbons (Fsp3) is 0.0417. The maximum Gasteiger partial charge on any atom is 0.252 e. The Morgan fingerprint density at radius 3 is 2.16 bits per heavy atom. The topological polar surface area (TPSA) is 64.1 Å². The summed E-state index contributed by atoms with van der Waals surface area (Å²) in [6.45, 7) is 0.293. The number of nitrogens with one attached hydrogen (secondary N) is 1. The third-order valence-corrected chi connectivity index (χ3v) is 5.34. The highest BCUT2D eigenvalue weighted by atomic mass is 32.2. The van der Waals surface area contributed by atoms with Crippen molar-refractivity contribution < 1.29 is 18.3 Å². The number of ether oxygens (including phenoxy) is 1. The maximum atomic E-state index is 13.1. The first-order chi connectivity index (χ1) is 15.6. The van der Waals surface area contributed by atoms with Gasteiger partial charge < -0.3 is 10.1 Å². The Hall–Kier alpha value is -3.78. The van der Waals surface area contributed by atoms with Crippen LogP contribution < -0.4 is 10.1 Å². The van der Waals surface area contributed by atoms with Crippen LogP contribution >= 0.6 is 11.8 Å². The Labute approximate surface area is 187 Å². The largest absolute Gasteiger partial charge is 0.437 e. The molecule has 0 saturated carbocycles. The number of carbonyl (C=O) groups is 1. The molecule has 0 bridgehead atoms. The first kappa shape index (κ1) is 21.5. The normalized spacial score (nSPS) is 10.6. The second kappa shape index (κ2) is 10.0. The van der Waals surface area contributed by atoms with Gasteiger partial charge in [-0.2, -0.15) is 0 Å². The second-order valence-corrected chi connectivity index (χ2v) is 7.72. The minimum atomic E-state index is -0.321. The summed E-state index contributed by atoms with van der Waals surface area (Å²) in [6.07, 6.45) is 3.06. The number of hydrogen-bond donors (Lipinski definition) is 1. The Bertz CT molecular complexity index is 1200. The average molecular weight is 449 g/mol. The van der Waals surface area contributed by atoms with Gasteiger partial charge in [-0.25, -0.2) is 18.7 Å². The van der Waals surface area contributed by atoms with Crippen molar-refractivity contribution in [1.82, 2.24) is 15.3 Å². The van der Waals surface area contributed by atoms with E-state index in [9.17, 15) is 13.6 Å². The number of halogens is 2. The molecule has 3 aromatic carbocycles. The van der Waals surface area contributed by atoms with E-state index in [1.54, 1.807) is 54.7 Å². The molecule has 0 atom stereocenters. The Balaban J connectivity index is 1.40. The summed E-state index contributed by atoms with van der Waals surface area (Å²) in [5, 5.41) is 3.32. The van der Waals surface area contributed by atoms with Gasteiger partial charge in [0.1, 0.15) is 17.4 Å². The molecule has 1 heterocycles. The van der Waals surface area contributed by atoms with E-state index in [4.69, 9.17) is 4.74 Å². The van der Waals surface area contributed by atoms with Gasteiger partial charge in [-0.15, -0.1) is 0 Å². The van der Waals surface area contributed by atoms with Crippen molar-refractivity contribution in [3.05, 3.63) is 108 Å². The smallest absolute Gasteiger partial charge is 0.252 e. The molecule has 160 valence electrons. The third kappa shape index (κ3) is 5.67. The number of amides is 1. The van der Waals surface area contributed by atoms with Gasteiger partial charge in [-0.1, -0.05) is 23.9 Å². The van der Waals surface area contributed by atoms with Crippen molar-refractivity contribution in [1.29, 1.82) is 0 Å².